The summed E-state index contributed by atoms with van der Waals surface area (Å²) in [5, 5.41) is 0.0573. The average molecular weight is 438 g/mol. The normalized spacial score (nSPS) is 16.5. The summed E-state index contributed by atoms with van der Waals surface area (Å²) in [6, 6.07) is 23.5. The number of sulfonamides is 1. The van der Waals surface area contributed by atoms with Crippen LogP contribution in [0.25, 0.3) is 0 Å². The third-order valence-electron chi connectivity index (χ3n) is 5.49. The van der Waals surface area contributed by atoms with Gasteiger partial charge in [0.25, 0.3) is 10.0 Å². The Morgan fingerprint density at radius 2 is 1.53 bits per heavy atom. The Kier molecular flexibility index (Phi) is 5.45. The van der Waals surface area contributed by atoms with Gasteiger partial charge in [-0.25, -0.2) is 8.42 Å². The molecule has 0 spiro atoms. The smallest absolute Gasteiger partial charge is 0.264 e. The van der Waals surface area contributed by atoms with Crippen molar-refractivity contribution in [2.24, 2.45) is 0 Å². The second kappa shape index (κ2) is 7.78. The van der Waals surface area contributed by atoms with Gasteiger partial charge in [0.05, 0.1) is 22.4 Å². The van der Waals surface area contributed by atoms with E-state index < -0.39 is 10.0 Å². The molecule has 1 aliphatic heterocycles. The first-order valence-electron chi connectivity index (χ1n) is 10.1. The van der Waals surface area contributed by atoms with Crippen molar-refractivity contribution in [2.45, 2.75) is 48.2 Å². The lowest BCUT2D eigenvalue weighted by Crippen LogP contribution is -2.29. The molecule has 0 N–H and O–H groups in total. The van der Waals surface area contributed by atoms with Gasteiger partial charge in [0.15, 0.2) is 0 Å². The van der Waals surface area contributed by atoms with Gasteiger partial charge in [0, 0.05) is 4.90 Å². The van der Waals surface area contributed by atoms with Crippen LogP contribution in [0.2, 0.25) is 0 Å². The molecule has 1 aliphatic rings. The molecule has 30 heavy (non-hydrogen) atoms. The fraction of sp³-hybridized carbons (Fsp3) is 0.280. The van der Waals surface area contributed by atoms with Gasteiger partial charge in [-0.15, -0.1) is 11.8 Å². The molecule has 5 heteroatoms. The molecule has 3 aromatic rings. The lowest BCUT2D eigenvalue weighted by Gasteiger charge is -2.21. The highest BCUT2D eigenvalue weighted by Crippen LogP contribution is 2.47. The fourth-order valence-electron chi connectivity index (χ4n) is 3.70. The Bertz CT molecular complexity index is 1150. The van der Waals surface area contributed by atoms with Gasteiger partial charge in [0.2, 0.25) is 0 Å². The van der Waals surface area contributed by atoms with Crippen LogP contribution in [0, 0.1) is 6.92 Å². The lowest BCUT2D eigenvalue weighted by molar-refractivity contribution is 0.589. The maximum Gasteiger partial charge on any atom is 0.264 e. The van der Waals surface area contributed by atoms with E-state index in [2.05, 4.69) is 45.0 Å². The molecule has 0 bridgehead atoms. The molecule has 0 fully saturated rings. The maximum atomic E-state index is 13.4. The number of aryl methyl sites for hydroxylation is 1. The van der Waals surface area contributed by atoms with Crippen molar-refractivity contribution in [1.82, 2.24) is 0 Å². The van der Waals surface area contributed by atoms with E-state index in [0.717, 1.165) is 21.7 Å². The molecule has 0 saturated heterocycles. The fourth-order valence-corrected chi connectivity index (χ4v) is 6.47. The van der Waals surface area contributed by atoms with Crippen LogP contribution in [0.4, 0.5) is 5.69 Å². The second-order valence-electron chi connectivity index (χ2n) is 8.79. The molecule has 4 rings (SSSR count). The first-order valence-corrected chi connectivity index (χ1v) is 12.4. The zero-order valence-electron chi connectivity index (χ0n) is 17.8. The van der Waals surface area contributed by atoms with E-state index in [1.54, 1.807) is 28.2 Å². The Labute approximate surface area is 184 Å². The number of thioether (sulfide) groups is 1. The van der Waals surface area contributed by atoms with E-state index >= 15 is 0 Å². The number of benzene rings is 3. The molecule has 1 unspecified atom stereocenters. The SMILES string of the molecule is Cc1ccc(S(=O)(=O)N2CC(Sc3ccc(C(C)(C)C)cc3)c3ccccc32)cc1. The van der Waals surface area contributed by atoms with Crippen LogP contribution in [-0.2, 0) is 15.4 Å². The lowest BCUT2D eigenvalue weighted by atomic mass is 9.87. The van der Waals surface area contributed by atoms with Gasteiger partial charge in [0.1, 0.15) is 0 Å². The highest BCUT2D eigenvalue weighted by molar-refractivity contribution is 7.99. The molecule has 3 nitrogen and oxygen atoms in total. The van der Waals surface area contributed by atoms with Gasteiger partial charge in [-0.05, 0) is 53.8 Å². The predicted octanol–water partition coefficient (Wildman–Crippen LogP) is 6.33. The third-order valence-corrected chi connectivity index (χ3v) is 8.52. The van der Waals surface area contributed by atoms with E-state index in [1.165, 1.54) is 5.56 Å². The van der Waals surface area contributed by atoms with Crippen molar-refractivity contribution in [3.63, 3.8) is 0 Å². The molecule has 1 heterocycles. The van der Waals surface area contributed by atoms with E-state index in [1.807, 2.05) is 43.3 Å². The van der Waals surface area contributed by atoms with Crippen molar-refractivity contribution < 1.29 is 8.42 Å². The summed E-state index contributed by atoms with van der Waals surface area (Å²) in [4.78, 5) is 1.49. The molecule has 0 aliphatic carbocycles. The molecule has 3 aromatic carbocycles. The largest absolute Gasteiger partial charge is 0.265 e. The summed E-state index contributed by atoms with van der Waals surface area (Å²) < 4.78 is 28.3. The van der Waals surface area contributed by atoms with E-state index in [-0.39, 0.29) is 10.7 Å². The van der Waals surface area contributed by atoms with Crippen LogP contribution in [0.3, 0.4) is 0 Å². The average Bonchev–Trinajstić information content (AvgIpc) is 3.07. The number of hydrogen-bond donors (Lipinski definition) is 0. The van der Waals surface area contributed by atoms with Crippen molar-refractivity contribution in [2.75, 3.05) is 10.8 Å². The Morgan fingerprint density at radius 1 is 0.900 bits per heavy atom. The van der Waals surface area contributed by atoms with E-state index in [9.17, 15) is 8.42 Å². The predicted molar refractivity (Wildman–Crippen MR) is 126 cm³/mol. The molecule has 0 aromatic heterocycles. The minimum absolute atomic E-state index is 0.0573. The molecule has 1 atom stereocenters. The minimum atomic E-state index is -3.60. The monoisotopic (exact) mass is 437 g/mol. The van der Waals surface area contributed by atoms with E-state index in [4.69, 9.17) is 0 Å². The van der Waals surface area contributed by atoms with Gasteiger partial charge in [-0.1, -0.05) is 68.8 Å². The van der Waals surface area contributed by atoms with E-state index in [0.29, 0.717) is 11.4 Å². The summed E-state index contributed by atoms with van der Waals surface area (Å²) in [6.45, 7) is 9.00. The number of para-hydroxylation sites is 1. The number of hydrogen-bond acceptors (Lipinski definition) is 3. The summed E-state index contributed by atoms with van der Waals surface area (Å²) in [5.41, 5.74) is 4.30. The van der Waals surface area contributed by atoms with Crippen LogP contribution in [-0.4, -0.2) is 15.0 Å². The Balaban J connectivity index is 1.64. The van der Waals surface area contributed by atoms with Crippen molar-refractivity contribution in [3.8, 4) is 0 Å². The first kappa shape index (κ1) is 21.0. The quantitative estimate of drug-likeness (QED) is 0.478. The summed E-state index contributed by atoms with van der Waals surface area (Å²) in [5.74, 6) is 0. The molecular weight excluding hydrogens is 410 g/mol. The molecular formula is C25H27NO2S2. The summed E-state index contributed by atoms with van der Waals surface area (Å²) >= 11 is 1.72. The van der Waals surface area contributed by atoms with Gasteiger partial charge in [-0.2, -0.15) is 0 Å². The van der Waals surface area contributed by atoms with Crippen LogP contribution in [0.1, 0.15) is 42.7 Å². The molecule has 0 saturated carbocycles. The number of rotatable bonds is 4. The zero-order valence-corrected chi connectivity index (χ0v) is 19.4. The van der Waals surface area contributed by atoms with Crippen LogP contribution in [0.15, 0.2) is 82.6 Å². The Morgan fingerprint density at radius 3 is 2.17 bits per heavy atom. The molecule has 0 amide bonds. The van der Waals surface area contributed by atoms with Crippen LogP contribution >= 0.6 is 11.8 Å². The van der Waals surface area contributed by atoms with Crippen molar-refractivity contribution in [1.29, 1.82) is 0 Å². The number of fused-ring (bicyclic) bond motifs is 1. The van der Waals surface area contributed by atoms with Crippen LogP contribution in [0.5, 0.6) is 0 Å². The number of nitrogens with zero attached hydrogens (tertiary/aromatic N) is 1. The minimum Gasteiger partial charge on any atom is -0.265 e. The molecule has 156 valence electrons. The highest BCUT2D eigenvalue weighted by atomic mass is 32.2. The zero-order chi connectivity index (χ0) is 21.5. The Hall–Kier alpha value is -2.24. The molecule has 0 radical (unpaired) electrons. The highest BCUT2D eigenvalue weighted by Gasteiger charge is 2.36. The first-order chi connectivity index (χ1) is 14.2. The number of anilines is 1. The van der Waals surface area contributed by atoms with Crippen molar-refractivity contribution >= 4 is 27.5 Å². The van der Waals surface area contributed by atoms with Gasteiger partial charge < -0.3 is 0 Å². The second-order valence-corrected chi connectivity index (χ2v) is 11.9. The summed E-state index contributed by atoms with van der Waals surface area (Å²) in [6.07, 6.45) is 0. The maximum absolute atomic E-state index is 13.4. The van der Waals surface area contributed by atoms with Crippen LogP contribution < -0.4 is 4.31 Å². The van der Waals surface area contributed by atoms with Gasteiger partial charge >= 0.3 is 0 Å². The third kappa shape index (κ3) is 4.01. The standard InChI is InChI=1S/C25H27NO2S2/c1-18-9-15-21(16-10-18)30(27,28)26-17-24(22-7-5-6-8-23(22)26)29-20-13-11-19(12-14-20)25(2,3)4/h5-16,24H,17H2,1-4H3. The van der Waals surface area contributed by atoms with Crippen molar-refractivity contribution in [3.05, 3.63) is 89.5 Å². The van der Waals surface area contributed by atoms with Gasteiger partial charge in [-0.3, -0.25) is 4.31 Å². The summed E-state index contributed by atoms with van der Waals surface area (Å²) in [7, 11) is -3.60. The topological polar surface area (TPSA) is 37.4 Å².